The number of hydrogen-bond donors (Lipinski definition) is 0. The summed E-state index contributed by atoms with van der Waals surface area (Å²) in [5.74, 6) is 0. The molecule has 2 aliphatic heterocycles. The smallest absolute Gasteiger partial charge is 0.398 e. The molecule has 0 saturated carbocycles. The predicted octanol–water partition coefficient (Wildman–Crippen LogP) is 1.24. The third kappa shape index (κ3) is 2.62. The molecule has 2 saturated heterocycles. The van der Waals surface area contributed by atoms with Crippen molar-refractivity contribution in [3.05, 3.63) is 5.69 Å². The number of hydrogen-bond acceptors (Lipinski definition) is 5. The SMILES string of the molecule is Cc1nn(C2CCCOC2)nc1B1OC(C)(C)C(C)(C)O1. The second kappa shape index (κ2) is 5.07. The summed E-state index contributed by atoms with van der Waals surface area (Å²) in [5.41, 5.74) is 0.919. The summed E-state index contributed by atoms with van der Waals surface area (Å²) < 4.78 is 17.6. The first kappa shape index (κ1) is 15.0. The average molecular weight is 293 g/mol. The van der Waals surface area contributed by atoms with Gasteiger partial charge >= 0.3 is 7.12 Å². The molecule has 0 radical (unpaired) electrons. The first-order valence-corrected chi connectivity index (χ1v) is 7.67. The topological polar surface area (TPSA) is 58.4 Å². The van der Waals surface area contributed by atoms with Crippen LogP contribution in [-0.2, 0) is 14.0 Å². The average Bonchev–Trinajstić information content (AvgIpc) is 2.89. The number of aryl methyl sites for hydroxylation is 1. The molecule has 3 heterocycles. The molecule has 21 heavy (non-hydrogen) atoms. The molecule has 0 aliphatic carbocycles. The van der Waals surface area contributed by atoms with Crippen LogP contribution in [0.2, 0.25) is 0 Å². The Morgan fingerprint density at radius 3 is 2.38 bits per heavy atom. The van der Waals surface area contributed by atoms with E-state index in [4.69, 9.17) is 14.0 Å². The van der Waals surface area contributed by atoms with E-state index >= 15 is 0 Å². The molecule has 0 aromatic carbocycles. The monoisotopic (exact) mass is 293 g/mol. The lowest BCUT2D eigenvalue weighted by atomic mass is 9.83. The first-order valence-electron chi connectivity index (χ1n) is 7.67. The van der Waals surface area contributed by atoms with Crippen molar-refractivity contribution in [2.45, 2.75) is 64.7 Å². The van der Waals surface area contributed by atoms with Crippen molar-refractivity contribution >= 4 is 12.7 Å². The number of ether oxygens (including phenoxy) is 1. The molecular formula is C14H24BN3O3. The van der Waals surface area contributed by atoms with Gasteiger partial charge in [-0.15, -0.1) is 0 Å². The molecule has 1 aromatic rings. The Hall–Kier alpha value is -0.915. The molecule has 3 rings (SSSR count). The highest BCUT2D eigenvalue weighted by atomic mass is 16.7. The molecule has 2 aliphatic rings. The van der Waals surface area contributed by atoms with Crippen molar-refractivity contribution < 1.29 is 14.0 Å². The molecule has 7 heteroatoms. The highest BCUT2D eigenvalue weighted by molar-refractivity contribution is 6.61. The molecule has 1 aromatic heterocycles. The van der Waals surface area contributed by atoms with Crippen molar-refractivity contribution in [3.8, 4) is 0 Å². The number of rotatable bonds is 2. The zero-order valence-electron chi connectivity index (χ0n) is 13.5. The Morgan fingerprint density at radius 2 is 1.81 bits per heavy atom. The molecule has 6 nitrogen and oxygen atoms in total. The minimum Gasteiger partial charge on any atom is -0.398 e. The zero-order chi connectivity index (χ0) is 15.3. The predicted molar refractivity (Wildman–Crippen MR) is 79.6 cm³/mol. The standard InChI is InChI=1S/C14H24BN3O3/c1-10-12(15-20-13(2,3)14(4,5)21-15)17-18(16-10)11-7-6-8-19-9-11/h11H,6-9H2,1-5H3. The number of aromatic nitrogens is 3. The molecule has 0 N–H and O–H groups in total. The Morgan fingerprint density at radius 1 is 1.14 bits per heavy atom. The van der Waals surface area contributed by atoms with E-state index in [1.54, 1.807) is 4.80 Å². The summed E-state index contributed by atoms with van der Waals surface area (Å²) in [7, 11) is -0.451. The van der Waals surface area contributed by atoms with Crippen molar-refractivity contribution in [3.63, 3.8) is 0 Å². The quantitative estimate of drug-likeness (QED) is 0.768. The molecular weight excluding hydrogens is 269 g/mol. The van der Waals surface area contributed by atoms with Gasteiger partial charge in [0.25, 0.3) is 0 Å². The van der Waals surface area contributed by atoms with Crippen LogP contribution in [0.1, 0.15) is 52.3 Å². The molecule has 1 atom stereocenters. The van der Waals surface area contributed by atoms with Crippen LogP contribution in [-0.4, -0.2) is 46.5 Å². The van der Waals surface area contributed by atoms with Crippen LogP contribution in [0, 0.1) is 6.92 Å². The fourth-order valence-electron chi connectivity index (χ4n) is 2.65. The van der Waals surface area contributed by atoms with E-state index in [0.717, 1.165) is 30.7 Å². The van der Waals surface area contributed by atoms with Crippen LogP contribution in [0.5, 0.6) is 0 Å². The largest absolute Gasteiger partial charge is 0.518 e. The van der Waals surface area contributed by atoms with Crippen molar-refractivity contribution in [1.29, 1.82) is 0 Å². The van der Waals surface area contributed by atoms with Gasteiger partial charge in [-0.05, 0) is 47.5 Å². The van der Waals surface area contributed by atoms with Gasteiger partial charge in [-0.3, -0.25) is 0 Å². The highest BCUT2D eigenvalue weighted by Gasteiger charge is 2.53. The minimum atomic E-state index is -0.451. The van der Waals surface area contributed by atoms with Crippen LogP contribution < -0.4 is 5.59 Å². The normalized spacial score (nSPS) is 28.0. The van der Waals surface area contributed by atoms with E-state index in [1.165, 1.54) is 0 Å². The maximum Gasteiger partial charge on any atom is 0.518 e. The lowest BCUT2D eigenvalue weighted by Crippen LogP contribution is -2.41. The lowest BCUT2D eigenvalue weighted by molar-refractivity contribution is 0.00578. The Bertz CT molecular complexity index is 508. The van der Waals surface area contributed by atoms with E-state index in [1.807, 2.05) is 34.6 Å². The van der Waals surface area contributed by atoms with Gasteiger partial charge in [-0.2, -0.15) is 15.0 Å². The highest BCUT2D eigenvalue weighted by Crippen LogP contribution is 2.36. The van der Waals surface area contributed by atoms with E-state index in [2.05, 4.69) is 10.2 Å². The molecule has 116 valence electrons. The lowest BCUT2D eigenvalue weighted by Gasteiger charge is -2.32. The fourth-order valence-corrected chi connectivity index (χ4v) is 2.65. The van der Waals surface area contributed by atoms with Gasteiger partial charge in [0.15, 0.2) is 0 Å². The van der Waals surface area contributed by atoms with Gasteiger partial charge in [0.05, 0.1) is 29.5 Å². The summed E-state index contributed by atoms with van der Waals surface area (Å²) in [6.45, 7) is 11.6. The van der Waals surface area contributed by atoms with Crippen LogP contribution in [0.25, 0.3) is 0 Å². The van der Waals surface area contributed by atoms with Gasteiger partial charge in [0.2, 0.25) is 0 Å². The third-order valence-electron chi connectivity index (χ3n) is 4.77. The van der Waals surface area contributed by atoms with Crippen molar-refractivity contribution in [1.82, 2.24) is 15.0 Å². The third-order valence-corrected chi connectivity index (χ3v) is 4.77. The Kier molecular flexibility index (Phi) is 3.62. The second-order valence-electron chi connectivity index (χ2n) is 6.95. The fraction of sp³-hybridized carbons (Fsp3) is 0.857. The van der Waals surface area contributed by atoms with E-state index in [9.17, 15) is 0 Å². The van der Waals surface area contributed by atoms with Crippen LogP contribution in [0.15, 0.2) is 0 Å². The summed E-state index contributed by atoms with van der Waals surface area (Å²) >= 11 is 0. The molecule has 0 bridgehead atoms. The zero-order valence-corrected chi connectivity index (χ0v) is 13.5. The molecule has 0 spiro atoms. The van der Waals surface area contributed by atoms with Gasteiger partial charge in [-0.25, -0.2) is 0 Å². The Balaban J connectivity index is 1.82. The maximum absolute atomic E-state index is 6.06. The summed E-state index contributed by atoms with van der Waals surface area (Å²) in [6.07, 6.45) is 2.11. The van der Waals surface area contributed by atoms with Gasteiger partial charge in [-0.1, -0.05) is 0 Å². The van der Waals surface area contributed by atoms with Gasteiger partial charge < -0.3 is 14.0 Å². The first-order chi connectivity index (χ1) is 9.80. The van der Waals surface area contributed by atoms with Crippen LogP contribution in [0.4, 0.5) is 0 Å². The van der Waals surface area contributed by atoms with E-state index < -0.39 is 7.12 Å². The summed E-state index contributed by atoms with van der Waals surface area (Å²) in [4.78, 5) is 1.77. The maximum atomic E-state index is 6.06. The van der Waals surface area contributed by atoms with Crippen LogP contribution >= 0.6 is 0 Å². The van der Waals surface area contributed by atoms with Crippen molar-refractivity contribution in [2.24, 2.45) is 0 Å². The van der Waals surface area contributed by atoms with E-state index in [-0.39, 0.29) is 17.2 Å². The van der Waals surface area contributed by atoms with Gasteiger partial charge in [0.1, 0.15) is 5.59 Å². The van der Waals surface area contributed by atoms with E-state index in [0.29, 0.717) is 6.61 Å². The summed E-state index contributed by atoms with van der Waals surface area (Å²) in [5, 5.41) is 9.16. The number of nitrogens with zero attached hydrogens (tertiary/aromatic N) is 3. The molecule has 1 unspecified atom stereocenters. The second-order valence-corrected chi connectivity index (χ2v) is 6.95. The summed E-state index contributed by atoms with van der Waals surface area (Å²) in [6, 6.07) is 0.216. The minimum absolute atomic E-state index is 0.216. The van der Waals surface area contributed by atoms with Gasteiger partial charge in [0, 0.05) is 6.61 Å². The van der Waals surface area contributed by atoms with Crippen LogP contribution in [0.3, 0.4) is 0 Å². The molecule has 2 fully saturated rings. The molecule has 0 amide bonds. The Labute approximate surface area is 126 Å². The van der Waals surface area contributed by atoms with Crippen molar-refractivity contribution in [2.75, 3.05) is 13.2 Å².